The summed E-state index contributed by atoms with van der Waals surface area (Å²) in [6.07, 6.45) is 0.983. The first kappa shape index (κ1) is 16.0. The molecule has 2 aromatic rings. The molecule has 6 nitrogen and oxygen atoms in total. The second kappa shape index (κ2) is 6.70. The van der Waals surface area contributed by atoms with Crippen molar-refractivity contribution in [3.63, 3.8) is 0 Å². The van der Waals surface area contributed by atoms with Crippen LogP contribution < -0.4 is 0 Å². The van der Waals surface area contributed by atoms with Gasteiger partial charge in [0, 0.05) is 17.1 Å². The Bertz CT molecular complexity index is 686. The largest absolute Gasteiger partial charge is 0.394 e. The lowest BCUT2D eigenvalue weighted by Gasteiger charge is -2.37. The van der Waals surface area contributed by atoms with Gasteiger partial charge < -0.3 is 19.3 Å². The molecule has 7 heteroatoms. The Kier molecular flexibility index (Phi) is 4.66. The fourth-order valence-corrected chi connectivity index (χ4v) is 2.70. The van der Waals surface area contributed by atoms with Crippen molar-refractivity contribution in [2.45, 2.75) is 19.1 Å². The van der Waals surface area contributed by atoms with Gasteiger partial charge >= 0.3 is 0 Å². The van der Waals surface area contributed by atoms with E-state index in [1.54, 1.807) is 29.2 Å². The average molecular weight is 337 g/mol. The van der Waals surface area contributed by atoms with E-state index in [-0.39, 0.29) is 24.7 Å². The summed E-state index contributed by atoms with van der Waals surface area (Å²) in [4.78, 5) is 14.5. The third-order valence-corrected chi connectivity index (χ3v) is 4.14. The van der Waals surface area contributed by atoms with Crippen molar-refractivity contribution in [1.29, 1.82) is 0 Å². The maximum atomic E-state index is 12.9. The Morgan fingerprint density at radius 2 is 2.17 bits per heavy atom. The summed E-state index contributed by atoms with van der Waals surface area (Å²) in [5, 5.41) is 13.8. The molecule has 1 saturated heterocycles. The number of ether oxygens (including phenoxy) is 1. The number of aliphatic hydroxyl groups excluding tert-OH is 1. The number of aromatic nitrogens is 1. The van der Waals surface area contributed by atoms with Gasteiger partial charge in [-0.05, 0) is 19.1 Å². The third kappa shape index (κ3) is 3.24. The van der Waals surface area contributed by atoms with Gasteiger partial charge in [0.25, 0.3) is 5.91 Å². The lowest BCUT2D eigenvalue weighted by Crippen LogP contribution is -2.52. The molecule has 0 radical (unpaired) electrons. The van der Waals surface area contributed by atoms with Crippen molar-refractivity contribution < 1.29 is 19.2 Å². The molecular weight excluding hydrogens is 320 g/mol. The Hall–Kier alpha value is -1.89. The molecule has 23 heavy (non-hydrogen) atoms. The molecule has 2 unspecified atom stereocenters. The van der Waals surface area contributed by atoms with Gasteiger partial charge in [-0.2, -0.15) is 0 Å². The van der Waals surface area contributed by atoms with E-state index in [0.29, 0.717) is 29.4 Å². The number of hydrogen-bond donors (Lipinski definition) is 1. The minimum absolute atomic E-state index is 0.0849. The van der Waals surface area contributed by atoms with Crippen molar-refractivity contribution in [3.05, 3.63) is 41.1 Å². The van der Waals surface area contributed by atoms with Crippen molar-refractivity contribution in [2.24, 2.45) is 0 Å². The maximum Gasteiger partial charge on any atom is 0.259 e. The highest BCUT2D eigenvalue weighted by atomic mass is 35.5. The van der Waals surface area contributed by atoms with Gasteiger partial charge in [0.1, 0.15) is 17.5 Å². The standard InChI is InChI=1S/C16H17ClN2O4/c1-10-8-22-13(7-20)6-19(10)16(21)14-9-23-18-15(14)11-2-4-12(17)5-3-11/h2-5,9-10,13,20H,6-8H2,1H3. The maximum absolute atomic E-state index is 12.9. The van der Waals surface area contributed by atoms with Gasteiger partial charge in [-0.3, -0.25) is 4.79 Å². The Balaban J connectivity index is 1.88. The van der Waals surface area contributed by atoms with Crippen LogP contribution in [0.4, 0.5) is 0 Å². The van der Waals surface area contributed by atoms with Gasteiger partial charge in [0.2, 0.25) is 0 Å². The van der Waals surface area contributed by atoms with E-state index in [9.17, 15) is 9.90 Å². The third-order valence-electron chi connectivity index (χ3n) is 3.89. The zero-order valence-electron chi connectivity index (χ0n) is 12.6. The SMILES string of the molecule is CC1COC(CO)CN1C(=O)c1conc1-c1ccc(Cl)cc1. The topological polar surface area (TPSA) is 75.8 Å². The van der Waals surface area contributed by atoms with Gasteiger partial charge in [-0.1, -0.05) is 28.9 Å². The molecule has 2 heterocycles. The predicted molar refractivity (Wildman–Crippen MR) is 84.3 cm³/mol. The first-order valence-electron chi connectivity index (χ1n) is 7.34. The van der Waals surface area contributed by atoms with Crippen molar-refractivity contribution in [1.82, 2.24) is 10.1 Å². The van der Waals surface area contributed by atoms with Crippen LogP contribution in [-0.4, -0.2) is 53.0 Å². The first-order valence-corrected chi connectivity index (χ1v) is 7.71. The summed E-state index contributed by atoms with van der Waals surface area (Å²) < 4.78 is 10.5. The number of carbonyl (C=O) groups excluding carboxylic acids is 1. The van der Waals surface area contributed by atoms with E-state index >= 15 is 0 Å². The molecule has 3 rings (SSSR count). The summed E-state index contributed by atoms with van der Waals surface area (Å²) in [7, 11) is 0. The summed E-state index contributed by atoms with van der Waals surface area (Å²) >= 11 is 5.89. The molecule has 1 N–H and O–H groups in total. The number of amides is 1. The second-order valence-corrected chi connectivity index (χ2v) is 5.96. The number of benzene rings is 1. The van der Waals surface area contributed by atoms with Crippen LogP contribution in [0.1, 0.15) is 17.3 Å². The molecule has 122 valence electrons. The number of nitrogens with zero attached hydrogens (tertiary/aromatic N) is 2. The molecular formula is C16H17ClN2O4. The summed E-state index contributed by atoms with van der Waals surface area (Å²) in [6.45, 7) is 2.51. The van der Waals surface area contributed by atoms with Crippen LogP contribution >= 0.6 is 11.6 Å². The lowest BCUT2D eigenvalue weighted by atomic mass is 10.1. The number of halogens is 1. The molecule has 1 aromatic carbocycles. The van der Waals surface area contributed by atoms with Gasteiger partial charge in [-0.15, -0.1) is 0 Å². The molecule has 0 saturated carbocycles. The van der Waals surface area contributed by atoms with E-state index in [4.69, 9.17) is 20.9 Å². The lowest BCUT2D eigenvalue weighted by molar-refractivity contribution is -0.0667. The minimum Gasteiger partial charge on any atom is -0.394 e. The summed E-state index contributed by atoms with van der Waals surface area (Å²) in [5.41, 5.74) is 1.62. The van der Waals surface area contributed by atoms with Crippen LogP contribution in [0, 0.1) is 0 Å². The van der Waals surface area contributed by atoms with Crippen LogP contribution in [0.2, 0.25) is 5.02 Å². The number of morpholine rings is 1. The number of aliphatic hydroxyl groups is 1. The van der Waals surface area contributed by atoms with Gasteiger partial charge in [-0.25, -0.2) is 0 Å². The molecule has 1 fully saturated rings. The van der Waals surface area contributed by atoms with E-state index in [1.807, 2.05) is 6.92 Å². The van der Waals surface area contributed by atoms with E-state index in [2.05, 4.69) is 5.16 Å². The smallest absolute Gasteiger partial charge is 0.259 e. The molecule has 0 aliphatic carbocycles. The fourth-order valence-electron chi connectivity index (χ4n) is 2.57. The Morgan fingerprint density at radius 1 is 1.43 bits per heavy atom. The highest BCUT2D eigenvalue weighted by molar-refractivity contribution is 6.30. The zero-order chi connectivity index (χ0) is 16.4. The quantitative estimate of drug-likeness (QED) is 0.930. The average Bonchev–Trinajstić information content (AvgIpc) is 3.05. The molecule has 0 bridgehead atoms. The molecule has 0 spiro atoms. The van der Waals surface area contributed by atoms with E-state index in [1.165, 1.54) is 6.26 Å². The van der Waals surface area contributed by atoms with Crippen LogP contribution in [0.5, 0.6) is 0 Å². The highest BCUT2D eigenvalue weighted by Crippen LogP contribution is 2.26. The summed E-state index contributed by atoms with van der Waals surface area (Å²) in [6, 6.07) is 6.96. The predicted octanol–water partition coefficient (Wildman–Crippen LogP) is 2.22. The zero-order valence-corrected chi connectivity index (χ0v) is 13.4. The summed E-state index contributed by atoms with van der Waals surface area (Å²) in [5.74, 6) is -0.189. The van der Waals surface area contributed by atoms with E-state index in [0.717, 1.165) is 5.56 Å². The molecule has 1 aliphatic heterocycles. The monoisotopic (exact) mass is 336 g/mol. The molecule has 1 aromatic heterocycles. The number of carbonyl (C=O) groups is 1. The highest BCUT2D eigenvalue weighted by Gasteiger charge is 2.32. The van der Waals surface area contributed by atoms with Crippen LogP contribution in [-0.2, 0) is 4.74 Å². The van der Waals surface area contributed by atoms with Crippen LogP contribution in [0.15, 0.2) is 35.1 Å². The molecule has 1 aliphatic rings. The number of rotatable bonds is 3. The van der Waals surface area contributed by atoms with Crippen LogP contribution in [0.3, 0.4) is 0 Å². The minimum atomic E-state index is -0.367. The molecule has 2 atom stereocenters. The van der Waals surface area contributed by atoms with Crippen molar-refractivity contribution >= 4 is 17.5 Å². The first-order chi connectivity index (χ1) is 11.1. The van der Waals surface area contributed by atoms with E-state index < -0.39 is 0 Å². The van der Waals surface area contributed by atoms with Gasteiger partial charge in [0.05, 0.1) is 25.4 Å². The Morgan fingerprint density at radius 3 is 2.87 bits per heavy atom. The Labute approximate surface area is 138 Å². The second-order valence-electron chi connectivity index (χ2n) is 5.53. The number of hydrogen-bond acceptors (Lipinski definition) is 5. The van der Waals surface area contributed by atoms with Crippen molar-refractivity contribution in [2.75, 3.05) is 19.8 Å². The van der Waals surface area contributed by atoms with Crippen molar-refractivity contribution in [3.8, 4) is 11.3 Å². The normalized spacial score (nSPS) is 21.4. The molecule has 1 amide bonds. The van der Waals surface area contributed by atoms with Gasteiger partial charge in [0.15, 0.2) is 0 Å². The van der Waals surface area contributed by atoms with Crippen LogP contribution in [0.25, 0.3) is 11.3 Å². The fraction of sp³-hybridized carbons (Fsp3) is 0.375.